The Kier molecular flexibility index (Phi) is 4.85. The van der Waals surface area contributed by atoms with Gasteiger partial charge in [-0.25, -0.2) is 22.5 Å². The number of hydrogen-bond acceptors (Lipinski definition) is 6. The molecule has 0 aliphatic rings. The SMILES string of the molecule is CN(C)S(=O)(=O)c1ccc(C(=O)OCc2nc3ccccc3s2)cc1. The van der Waals surface area contributed by atoms with Crippen LogP contribution in [0.25, 0.3) is 10.2 Å². The summed E-state index contributed by atoms with van der Waals surface area (Å²) in [6.45, 7) is 0.0793. The van der Waals surface area contributed by atoms with E-state index in [1.807, 2.05) is 24.3 Å². The number of fused-ring (bicyclic) bond motifs is 1. The number of para-hydroxylation sites is 1. The van der Waals surface area contributed by atoms with Gasteiger partial charge < -0.3 is 4.74 Å². The molecule has 0 amide bonds. The summed E-state index contributed by atoms with van der Waals surface area (Å²) in [5.41, 5.74) is 1.16. The smallest absolute Gasteiger partial charge is 0.338 e. The number of ether oxygens (including phenoxy) is 1. The Morgan fingerprint density at radius 1 is 1.12 bits per heavy atom. The maximum Gasteiger partial charge on any atom is 0.338 e. The van der Waals surface area contributed by atoms with Crippen LogP contribution < -0.4 is 0 Å². The van der Waals surface area contributed by atoms with Gasteiger partial charge in [0.1, 0.15) is 11.6 Å². The lowest BCUT2D eigenvalue weighted by Crippen LogP contribution is -2.22. The lowest BCUT2D eigenvalue weighted by molar-refractivity contribution is 0.0472. The number of rotatable bonds is 5. The molecule has 25 heavy (non-hydrogen) atoms. The summed E-state index contributed by atoms with van der Waals surface area (Å²) < 4.78 is 31.4. The monoisotopic (exact) mass is 376 g/mol. The molecule has 3 aromatic rings. The van der Waals surface area contributed by atoms with E-state index in [1.165, 1.54) is 49.7 Å². The van der Waals surface area contributed by atoms with Crippen molar-refractivity contribution >= 4 is 37.5 Å². The van der Waals surface area contributed by atoms with Crippen LogP contribution in [0.1, 0.15) is 15.4 Å². The van der Waals surface area contributed by atoms with Gasteiger partial charge in [-0.3, -0.25) is 0 Å². The van der Waals surface area contributed by atoms with E-state index in [-0.39, 0.29) is 11.5 Å². The van der Waals surface area contributed by atoms with Gasteiger partial charge in [-0.1, -0.05) is 12.1 Å². The number of nitrogens with zero attached hydrogens (tertiary/aromatic N) is 2. The van der Waals surface area contributed by atoms with Gasteiger partial charge in [0.25, 0.3) is 0 Å². The van der Waals surface area contributed by atoms with E-state index in [0.717, 1.165) is 14.5 Å². The molecular formula is C17H16N2O4S2. The number of sulfonamides is 1. The fourth-order valence-corrected chi connectivity index (χ4v) is 3.95. The van der Waals surface area contributed by atoms with Crippen molar-refractivity contribution in [1.29, 1.82) is 0 Å². The zero-order valence-electron chi connectivity index (χ0n) is 13.7. The fraction of sp³-hybridized carbons (Fsp3) is 0.176. The summed E-state index contributed by atoms with van der Waals surface area (Å²) in [6.07, 6.45) is 0. The third-order valence-electron chi connectivity index (χ3n) is 3.53. The molecule has 2 aromatic carbocycles. The molecule has 0 saturated heterocycles. The van der Waals surface area contributed by atoms with Crippen LogP contribution >= 0.6 is 11.3 Å². The molecule has 0 atom stereocenters. The van der Waals surface area contributed by atoms with Crippen LogP contribution in [0.15, 0.2) is 53.4 Å². The number of esters is 1. The number of carbonyl (C=O) groups excluding carboxylic acids is 1. The molecule has 0 aliphatic carbocycles. The van der Waals surface area contributed by atoms with Gasteiger partial charge in [0.15, 0.2) is 0 Å². The Labute approximate surface area is 149 Å². The first kappa shape index (κ1) is 17.5. The zero-order valence-corrected chi connectivity index (χ0v) is 15.3. The second-order valence-corrected chi connectivity index (χ2v) is 8.73. The highest BCUT2D eigenvalue weighted by Crippen LogP contribution is 2.22. The molecule has 0 N–H and O–H groups in total. The minimum atomic E-state index is -3.52. The molecule has 1 aromatic heterocycles. The molecule has 1 heterocycles. The van der Waals surface area contributed by atoms with Gasteiger partial charge in [-0.2, -0.15) is 0 Å². The van der Waals surface area contributed by atoms with Gasteiger partial charge >= 0.3 is 5.97 Å². The van der Waals surface area contributed by atoms with Crippen LogP contribution in [-0.2, 0) is 21.4 Å². The molecule has 0 aliphatic heterocycles. The lowest BCUT2D eigenvalue weighted by Gasteiger charge is -2.11. The maximum atomic E-state index is 12.1. The van der Waals surface area contributed by atoms with Crippen molar-refractivity contribution in [3.8, 4) is 0 Å². The molecule has 0 radical (unpaired) electrons. The number of carbonyl (C=O) groups is 1. The Hall–Kier alpha value is -2.29. The van der Waals surface area contributed by atoms with Gasteiger partial charge in [-0.15, -0.1) is 11.3 Å². The van der Waals surface area contributed by atoms with E-state index < -0.39 is 16.0 Å². The number of benzene rings is 2. The van der Waals surface area contributed by atoms with Gasteiger partial charge in [0.05, 0.1) is 20.7 Å². The number of hydrogen-bond donors (Lipinski definition) is 0. The van der Waals surface area contributed by atoms with E-state index in [2.05, 4.69) is 4.98 Å². The lowest BCUT2D eigenvalue weighted by atomic mass is 10.2. The molecule has 130 valence electrons. The second kappa shape index (κ2) is 6.91. The van der Waals surface area contributed by atoms with E-state index >= 15 is 0 Å². The molecule has 0 unspecified atom stereocenters. The standard InChI is InChI=1S/C17H16N2O4S2/c1-19(2)25(21,22)13-9-7-12(8-10-13)17(20)23-11-16-18-14-5-3-4-6-15(14)24-16/h3-10H,11H2,1-2H3. The normalized spacial score (nSPS) is 11.8. The molecule has 6 nitrogen and oxygen atoms in total. The summed E-state index contributed by atoms with van der Waals surface area (Å²) in [6, 6.07) is 13.4. The Bertz CT molecular complexity index is 976. The topological polar surface area (TPSA) is 76.6 Å². The molecule has 0 spiro atoms. The van der Waals surface area contributed by atoms with Gasteiger partial charge in [0, 0.05) is 14.1 Å². The average Bonchev–Trinajstić information content (AvgIpc) is 3.02. The quantitative estimate of drug-likeness (QED) is 0.640. The molecular weight excluding hydrogens is 360 g/mol. The largest absolute Gasteiger partial charge is 0.455 e. The minimum Gasteiger partial charge on any atom is -0.455 e. The van der Waals surface area contributed by atoms with E-state index in [0.29, 0.717) is 10.6 Å². The van der Waals surface area contributed by atoms with E-state index in [9.17, 15) is 13.2 Å². The zero-order chi connectivity index (χ0) is 18.0. The molecule has 0 bridgehead atoms. The van der Waals surface area contributed by atoms with Crippen LogP contribution in [0.3, 0.4) is 0 Å². The molecule has 8 heteroatoms. The Balaban J connectivity index is 1.69. The van der Waals surface area contributed by atoms with Crippen molar-refractivity contribution in [2.45, 2.75) is 11.5 Å². The van der Waals surface area contributed by atoms with E-state index in [4.69, 9.17) is 4.74 Å². The van der Waals surface area contributed by atoms with Crippen LogP contribution in [0.5, 0.6) is 0 Å². The third kappa shape index (κ3) is 3.71. The van der Waals surface area contributed by atoms with Crippen LogP contribution in [-0.4, -0.2) is 37.8 Å². The summed E-state index contributed by atoms with van der Waals surface area (Å²) in [5, 5.41) is 0.710. The van der Waals surface area contributed by atoms with Crippen molar-refractivity contribution in [2.24, 2.45) is 0 Å². The summed E-state index contributed by atoms with van der Waals surface area (Å²) >= 11 is 1.47. The van der Waals surface area contributed by atoms with Crippen molar-refractivity contribution in [2.75, 3.05) is 14.1 Å². The minimum absolute atomic E-state index is 0.0793. The van der Waals surface area contributed by atoms with Gasteiger partial charge in [0.2, 0.25) is 10.0 Å². The summed E-state index contributed by atoms with van der Waals surface area (Å²) in [7, 11) is -0.609. The van der Waals surface area contributed by atoms with Gasteiger partial charge in [-0.05, 0) is 36.4 Å². The van der Waals surface area contributed by atoms with Crippen LogP contribution in [0, 0.1) is 0 Å². The Morgan fingerprint density at radius 2 is 1.80 bits per heavy atom. The third-order valence-corrected chi connectivity index (χ3v) is 6.37. The maximum absolute atomic E-state index is 12.1. The predicted octanol–water partition coefficient (Wildman–Crippen LogP) is 2.90. The highest BCUT2D eigenvalue weighted by atomic mass is 32.2. The predicted molar refractivity (Wildman–Crippen MR) is 96.1 cm³/mol. The number of thiazole rings is 1. The van der Waals surface area contributed by atoms with Crippen molar-refractivity contribution < 1.29 is 17.9 Å². The number of aromatic nitrogens is 1. The fourth-order valence-electron chi connectivity index (χ4n) is 2.17. The van der Waals surface area contributed by atoms with Crippen molar-refractivity contribution in [3.63, 3.8) is 0 Å². The van der Waals surface area contributed by atoms with Crippen molar-refractivity contribution in [3.05, 3.63) is 59.1 Å². The second-order valence-electron chi connectivity index (χ2n) is 5.46. The summed E-state index contributed by atoms with van der Waals surface area (Å²) in [4.78, 5) is 16.6. The molecule has 0 saturated carbocycles. The highest BCUT2D eigenvalue weighted by Gasteiger charge is 2.18. The average molecular weight is 376 g/mol. The van der Waals surface area contributed by atoms with Crippen LogP contribution in [0.2, 0.25) is 0 Å². The summed E-state index contributed by atoms with van der Waals surface area (Å²) in [5.74, 6) is -0.520. The van der Waals surface area contributed by atoms with Crippen molar-refractivity contribution in [1.82, 2.24) is 9.29 Å². The van der Waals surface area contributed by atoms with Crippen LogP contribution in [0.4, 0.5) is 0 Å². The highest BCUT2D eigenvalue weighted by molar-refractivity contribution is 7.89. The first-order valence-corrected chi connectivity index (χ1v) is 9.68. The first-order chi connectivity index (χ1) is 11.9. The Morgan fingerprint density at radius 3 is 2.44 bits per heavy atom. The molecule has 3 rings (SSSR count). The van der Waals surface area contributed by atoms with E-state index in [1.54, 1.807) is 0 Å². The first-order valence-electron chi connectivity index (χ1n) is 7.42. The molecule has 0 fully saturated rings.